The molecule has 1 fully saturated rings. The lowest BCUT2D eigenvalue weighted by Crippen LogP contribution is -2.45. The average molecular weight is 324 g/mol. The average Bonchev–Trinajstić information content (AvgIpc) is 2.47. The van der Waals surface area contributed by atoms with Crippen molar-refractivity contribution in [3.05, 3.63) is 35.9 Å². The third-order valence-corrected chi connectivity index (χ3v) is 5.72. The van der Waals surface area contributed by atoms with Gasteiger partial charge >= 0.3 is 0 Å². The van der Waals surface area contributed by atoms with Crippen LogP contribution in [0.2, 0.25) is 0 Å². The zero-order valence-electron chi connectivity index (χ0n) is 13.2. The number of sulfonamides is 1. The molecule has 0 aliphatic carbocycles. The number of carbonyl (C=O) groups is 1. The van der Waals surface area contributed by atoms with E-state index in [1.807, 2.05) is 6.07 Å². The summed E-state index contributed by atoms with van der Waals surface area (Å²) in [4.78, 5) is 11.9. The van der Waals surface area contributed by atoms with Crippen LogP contribution in [0, 0.1) is 11.8 Å². The molecule has 1 aromatic carbocycles. The number of nitrogens with one attached hydrogen (secondary N) is 1. The number of hydrogen-bond acceptors (Lipinski definition) is 3. The van der Waals surface area contributed by atoms with Gasteiger partial charge in [-0.3, -0.25) is 4.79 Å². The van der Waals surface area contributed by atoms with Crippen LogP contribution in [0.15, 0.2) is 30.3 Å². The molecule has 1 N–H and O–H groups in total. The number of nitrogens with zero attached hydrogens (tertiary/aromatic N) is 1. The highest BCUT2D eigenvalue weighted by molar-refractivity contribution is 7.89. The predicted octanol–water partition coefficient (Wildman–Crippen LogP) is 1.72. The Labute approximate surface area is 132 Å². The molecule has 0 radical (unpaired) electrons. The SMILES string of the molecule is C[C@@H]1C[C@@H](C)CN(S(=O)(=O)CCNC(=O)c2ccccc2)C1. The molecule has 1 saturated heterocycles. The molecular formula is C16H24N2O3S. The maximum atomic E-state index is 12.4. The third kappa shape index (κ3) is 4.55. The van der Waals surface area contributed by atoms with E-state index < -0.39 is 10.0 Å². The Morgan fingerprint density at radius 3 is 2.36 bits per heavy atom. The maximum absolute atomic E-state index is 12.4. The van der Waals surface area contributed by atoms with Crippen molar-refractivity contribution < 1.29 is 13.2 Å². The Hall–Kier alpha value is -1.40. The highest BCUT2D eigenvalue weighted by Gasteiger charge is 2.30. The van der Waals surface area contributed by atoms with Crippen molar-refractivity contribution in [1.82, 2.24) is 9.62 Å². The number of benzene rings is 1. The first-order chi connectivity index (χ1) is 10.4. The highest BCUT2D eigenvalue weighted by Crippen LogP contribution is 2.23. The molecule has 22 heavy (non-hydrogen) atoms. The van der Waals surface area contributed by atoms with Crippen LogP contribution in [0.3, 0.4) is 0 Å². The van der Waals surface area contributed by atoms with Gasteiger partial charge in [-0.05, 0) is 30.4 Å². The normalized spacial score (nSPS) is 23.2. The molecule has 1 heterocycles. The summed E-state index contributed by atoms with van der Waals surface area (Å²) in [6, 6.07) is 8.81. The van der Waals surface area contributed by atoms with Gasteiger partial charge in [-0.1, -0.05) is 32.0 Å². The van der Waals surface area contributed by atoms with E-state index in [1.54, 1.807) is 28.6 Å². The van der Waals surface area contributed by atoms with Crippen molar-refractivity contribution in [1.29, 1.82) is 0 Å². The van der Waals surface area contributed by atoms with Crippen LogP contribution in [-0.4, -0.2) is 44.0 Å². The molecule has 0 spiro atoms. The molecule has 0 aromatic heterocycles. The molecule has 0 saturated carbocycles. The summed E-state index contributed by atoms with van der Waals surface area (Å²) >= 11 is 0. The second-order valence-corrected chi connectivity index (χ2v) is 8.29. The molecule has 6 heteroatoms. The second-order valence-electron chi connectivity index (χ2n) is 6.20. The van der Waals surface area contributed by atoms with Gasteiger partial charge in [-0.2, -0.15) is 0 Å². The standard InChI is InChI=1S/C16H24N2O3S/c1-13-10-14(2)12-18(11-13)22(20,21)9-8-17-16(19)15-6-4-3-5-7-15/h3-7,13-14H,8-12H2,1-2H3,(H,17,19)/t13-,14-/m1/s1. The van der Waals surface area contributed by atoms with E-state index in [0.717, 1.165) is 6.42 Å². The Kier molecular flexibility index (Phi) is 5.58. The second kappa shape index (κ2) is 7.24. The first-order valence-electron chi connectivity index (χ1n) is 7.69. The molecule has 0 unspecified atom stereocenters. The summed E-state index contributed by atoms with van der Waals surface area (Å²) in [5.74, 6) is 0.483. The van der Waals surface area contributed by atoms with E-state index in [4.69, 9.17) is 0 Å². The highest BCUT2D eigenvalue weighted by atomic mass is 32.2. The fourth-order valence-corrected chi connectivity index (χ4v) is 4.53. The minimum Gasteiger partial charge on any atom is -0.351 e. The van der Waals surface area contributed by atoms with Gasteiger partial charge in [0.05, 0.1) is 5.75 Å². The van der Waals surface area contributed by atoms with Crippen LogP contribution in [0.25, 0.3) is 0 Å². The van der Waals surface area contributed by atoms with Crippen molar-refractivity contribution in [2.45, 2.75) is 20.3 Å². The molecular weight excluding hydrogens is 300 g/mol. The number of amides is 1. The first kappa shape index (κ1) is 17.0. The van der Waals surface area contributed by atoms with Crippen molar-refractivity contribution in [3.63, 3.8) is 0 Å². The Balaban J connectivity index is 1.86. The smallest absolute Gasteiger partial charge is 0.251 e. The molecule has 122 valence electrons. The topological polar surface area (TPSA) is 66.5 Å². The molecule has 5 nitrogen and oxygen atoms in total. The van der Waals surface area contributed by atoms with E-state index in [1.165, 1.54) is 0 Å². The van der Waals surface area contributed by atoms with Crippen molar-refractivity contribution >= 4 is 15.9 Å². The van der Waals surface area contributed by atoms with Crippen LogP contribution in [-0.2, 0) is 10.0 Å². The summed E-state index contributed by atoms with van der Waals surface area (Å²) in [7, 11) is -3.31. The van der Waals surface area contributed by atoms with Crippen LogP contribution in [0.1, 0.15) is 30.6 Å². The van der Waals surface area contributed by atoms with Gasteiger partial charge in [0.25, 0.3) is 5.91 Å². The Bertz CT molecular complexity index is 591. The van der Waals surface area contributed by atoms with Crippen molar-refractivity contribution in [3.8, 4) is 0 Å². The minimum absolute atomic E-state index is 0.0506. The quantitative estimate of drug-likeness (QED) is 0.897. The summed E-state index contributed by atoms with van der Waals surface area (Å²) in [6.07, 6.45) is 1.07. The Morgan fingerprint density at radius 1 is 1.18 bits per heavy atom. The van der Waals surface area contributed by atoms with Gasteiger partial charge < -0.3 is 5.32 Å². The molecule has 1 aliphatic heterocycles. The van der Waals surface area contributed by atoms with Crippen molar-refractivity contribution in [2.75, 3.05) is 25.4 Å². The van der Waals surface area contributed by atoms with Gasteiger partial charge in [0.15, 0.2) is 0 Å². The lowest BCUT2D eigenvalue weighted by Gasteiger charge is -2.34. The number of hydrogen-bond donors (Lipinski definition) is 1. The maximum Gasteiger partial charge on any atom is 0.251 e. The minimum atomic E-state index is -3.31. The lowest BCUT2D eigenvalue weighted by atomic mass is 9.94. The number of piperidine rings is 1. The summed E-state index contributed by atoms with van der Waals surface area (Å²) < 4.78 is 26.3. The van der Waals surface area contributed by atoms with Gasteiger partial charge in [-0.15, -0.1) is 0 Å². The summed E-state index contributed by atoms with van der Waals surface area (Å²) in [5.41, 5.74) is 0.542. The van der Waals surface area contributed by atoms with Crippen LogP contribution >= 0.6 is 0 Å². The number of rotatable bonds is 5. The largest absolute Gasteiger partial charge is 0.351 e. The van der Waals surface area contributed by atoms with E-state index in [9.17, 15) is 13.2 Å². The summed E-state index contributed by atoms with van der Waals surface area (Å²) in [5, 5.41) is 2.67. The zero-order chi connectivity index (χ0) is 16.2. The molecule has 0 bridgehead atoms. The molecule has 2 rings (SSSR count). The van der Waals surface area contributed by atoms with E-state index in [2.05, 4.69) is 19.2 Å². The molecule has 2 atom stereocenters. The fourth-order valence-electron chi connectivity index (χ4n) is 2.95. The van der Waals surface area contributed by atoms with Crippen molar-refractivity contribution in [2.24, 2.45) is 11.8 Å². The monoisotopic (exact) mass is 324 g/mol. The van der Waals surface area contributed by atoms with E-state index in [0.29, 0.717) is 30.5 Å². The number of carbonyl (C=O) groups excluding carboxylic acids is 1. The van der Waals surface area contributed by atoms with Crippen LogP contribution < -0.4 is 5.32 Å². The Morgan fingerprint density at radius 2 is 1.77 bits per heavy atom. The van der Waals surface area contributed by atoms with Gasteiger partial charge in [0, 0.05) is 25.2 Å². The first-order valence-corrected chi connectivity index (χ1v) is 9.30. The predicted molar refractivity (Wildman–Crippen MR) is 87.1 cm³/mol. The van der Waals surface area contributed by atoms with Gasteiger partial charge in [0.2, 0.25) is 10.0 Å². The van der Waals surface area contributed by atoms with Crippen LogP contribution in [0.5, 0.6) is 0 Å². The summed E-state index contributed by atoms with van der Waals surface area (Å²) in [6.45, 7) is 5.46. The van der Waals surface area contributed by atoms with Gasteiger partial charge in [-0.25, -0.2) is 12.7 Å². The lowest BCUT2D eigenvalue weighted by molar-refractivity contribution is 0.0956. The fraction of sp³-hybridized carbons (Fsp3) is 0.562. The van der Waals surface area contributed by atoms with E-state index in [-0.39, 0.29) is 18.2 Å². The molecule has 1 amide bonds. The van der Waals surface area contributed by atoms with Gasteiger partial charge in [0.1, 0.15) is 0 Å². The molecule has 1 aromatic rings. The zero-order valence-corrected chi connectivity index (χ0v) is 14.0. The third-order valence-electron chi connectivity index (χ3n) is 3.91. The van der Waals surface area contributed by atoms with Crippen LogP contribution in [0.4, 0.5) is 0 Å². The van der Waals surface area contributed by atoms with E-state index >= 15 is 0 Å². The molecule has 1 aliphatic rings.